The van der Waals surface area contributed by atoms with Gasteiger partial charge in [-0.15, -0.1) is 0 Å². The molecule has 0 radical (unpaired) electrons. The number of benzene rings is 1. The zero-order chi connectivity index (χ0) is 14.1. The minimum atomic E-state index is -0.162. The predicted molar refractivity (Wildman–Crippen MR) is 80.2 cm³/mol. The third-order valence-corrected chi connectivity index (χ3v) is 4.54. The lowest BCUT2D eigenvalue weighted by Crippen LogP contribution is -2.16. The van der Waals surface area contributed by atoms with Crippen molar-refractivity contribution in [2.75, 3.05) is 23.8 Å². The van der Waals surface area contributed by atoms with Gasteiger partial charge in [-0.05, 0) is 12.1 Å². The van der Waals surface area contributed by atoms with E-state index in [-0.39, 0.29) is 12.0 Å². The SMILES string of the molecule is Nc1c(Cl)ccc(Cl)c1-c1nc(C2CSCCO2)no1. The molecule has 1 fully saturated rings. The fourth-order valence-corrected chi connectivity index (χ4v) is 3.13. The van der Waals surface area contributed by atoms with Crippen LogP contribution in [0.15, 0.2) is 16.7 Å². The van der Waals surface area contributed by atoms with Crippen LogP contribution in [0.4, 0.5) is 5.69 Å². The van der Waals surface area contributed by atoms with Gasteiger partial charge in [0.25, 0.3) is 5.89 Å². The van der Waals surface area contributed by atoms with Crippen LogP contribution < -0.4 is 5.73 Å². The highest BCUT2D eigenvalue weighted by atomic mass is 35.5. The van der Waals surface area contributed by atoms with E-state index >= 15 is 0 Å². The van der Waals surface area contributed by atoms with Gasteiger partial charge in [0.15, 0.2) is 0 Å². The maximum Gasteiger partial charge on any atom is 0.261 e. The highest BCUT2D eigenvalue weighted by Gasteiger charge is 2.24. The maximum atomic E-state index is 6.13. The third kappa shape index (κ3) is 2.61. The van der Waals surface area contributed by atoms with E-state index in [9.17, 15) is 0 Å². The number of nitrogen functional groups attached to an aromatic ring is 1. The average Bonchev–Trinajstić information content (AvgIpc) is 2.94. The highest BCUT2D eigenvalue weighted by molar-refractivity contribution is 7.99. The number of halogens is 2. The van der Waals surface area contributed by atoms with Crippen LogP contribution in [0, 0.1) is 0 Å². The maximum absolute atomic E-state index is 6.13. The normalized spacial score (nSPS) is 19.2. The molecule has 0 saturated carbocycles. The van der Waals surface area contributed by atoms with Crippen molar-refractivity contribution >= 4 is 40.7 Å². The number of nitrogens with zero attached hydrogens (tertiary/aromatic N) is 2. The van der Waals surface area contributed by atoms with Crippen molar-refractivity contribution in [3.8, 4) is 11.5 Å². The van der Waals surface area contributed by atoms with Crippen molar-refractivity contribution in [3.63, 3.8) is 0 Å². The molecule has 1 aliphatic heterocycles. The summed E-state index contributed by atoms with van der Waals surface area (Å²) in [6.45, 7) is 0.680. The second-order valence-electron chi connectivity index (χ2n) is 4.21. The van der Waals surface area contributed by atoms with E-state index in [2.05, 4.69) is 10.1 Å². The standard InChI is InChI=1S/C12H11Cl2N3O2S/c13-6-1-2-7(14)10(15)9(6)12-16-11(17-19-12)8-5-20-4-3-18-8/h1-2,8H,3-5,15H2. The molecular weight excluding hydrogens is 321 g/mol. The van der Waals surface area contributed by atoms with E-state index in [4.69, 9.17) is 38.2 Å². The van der Waals surface area contributed by atoms with Gasteiger partial charge in [-0.25, -0.2) is 0 Å². The van der Waals surface area contributed by atoms with Crippen molar-refractivity contribution in [3.05, 3.63) is 28.0 Å². The van der Waals surface area contributed by atoms with Gasteiger partial charge in [0, 0.05) is 11.5 Å². The number of ether oxygens (including phenoxy) is 1. The van der Waals surface area contributed by atoms with Crippen LogP contribution in [-0.4, -0.2) is 28.3 Å². The van der Waals surface area contributed by atoms with Crippen LogP contribution in [0.25, 0.3) is 11.5 Å². The second kappa shape index (κ2) is 5.81. The summed E-state index contributed by atoms with van der Waals surface area (Å²) >= 11 is 13.9. The summed E-state index contributed by atoms with van der Waals surface area (Å²) in [7, 11) is 0. The number of hydrogen-bond donors (Lipinski definition) is 1. The molecule has 3 rings (SSSR count). The molecule has 20 heavy (non-hydrogen) atoms. The zero-order valence-electron chi connectivity index (χ0n) is 10.3. The van der Waals surface area contributed by atoms with Crippen LogP contribution >= 0.6 is 35.0 Å². The first-order valence-corrected chi connectivity index (χ1v) is 7.84. The minimum Gasteiger partial charge on any atom is -0.397 e. The number of aromatic nitrogens is 2. The van der Waals surface area contributed by atoms with E-state index in [1.165, 1.54) is 0 Å². The summed E-state index contributed by atoms with van der Waals surface area (Å²) in [5, 5.41) is 4.76. The molecule has 2 heterocycles. The molecule has 0 spiro atoms. The number of hydrogen-bond acceptors (Lipinski definition) is 6. The molecule has 2 aromatic rings. The molecule has 0 amide bonds. The Morgan fingerprint density at radius 1 is 1.30 bits per heavy atom. The van der Waals surface area contributed by atoms with E-state index in [1.54, 1.807) is 23.9 Å². The van der Waals surface area contributed by atoms with Gasteiger partial charge in [-0.3, -0.25) is 0 Å². The first-order valence-electron chi connectivity index (χ1n) is 5.93. The lowest BCUT2D eigenvalue weighted by molar-refractivity contribution is 0.0677. The zero-order valence-corrected chi connectivity index (χ0v) is 12.6. The molecule has 1 aromatic carbocycles. The monoisotopic (exact) mass is 331 g/mol. The fraction of sp³-hybridized carbons (Fsp3) is 0.333. The summed E-state index contributed by atoms with van der Waals surface area (Å²) in [4.78, 5) is 4.33. The van der Waals surface area contributed by atoms with Crippen LogP contribution in [0.2, 0.25) is 10.0 Å². The van der Waals surface area contributed by atoms with Crippen molar-refractivity contribution in [1.82, 2.24) is 10.1 Å². The lowest BCUT2D eigenvalue weighted by Gasteiger charge is -2.18. The Morgan fingerprint density at radius 3 is 2.85 bits per heavy atom. The molecule has 0 aliphatic carbocycles. The van der Waals surface area contributed by atoms with E-state index in [0.717, 1.165) is 11.5 Å². The average molecular weight is 332 g/mol. The fourth-order valence-electron chi connectivity index (χ4n) is 1.89. The largest absolute Gasteiger partial charge is 0.397 e. The molecule has 1 aromatic heterocycles. The summed E-state index contributed by atoms with van der Waals surface area (Å²) < 4.78 is 10.8. The number of thioether (sulfide) groups is 1. The van der Waals surface area contributed by atoms with Gasteiger partial charge < -0.3 is 15.0 Å². The van der Waals surface area contributed by atoms with Crippen LogP contribution in [0.5, 0.6) is 0 Å². The van der Waals surface area contributed by atoms with Crippen molar-refractivity contribution in [2.24, 2.45) is 0 Å². The molecule has 1 unspecified atom stereocenters. The first-order chi connectivity index (χ1) is 9.66. The van der Waals surface area contributed by atoms with Crippen LogP contribution in [0.1, 0.15) is 11.9 Å². The van der Waals surface area contributed by atoms with Gasteiger partial charge >= 0.3 is 0 Å². The Balaban J connectivity index is 1.96. The quantitative estimate of drug-likeness (QED) is 0.850. The van der Waals surface area contributed by atoms with Crippen molar-refractivity contribution in [1.29, 1.82) is 0 Å². The number of rotatable bonds is 2. The summed E-state index contributed by atoms with van der Waals surface area (Å²) in [6, 6.07) is 3.27. The van der Waals surface area contributed by atoms with Gasteiger partial charge in [0.1, 0.15) is 6.10 Å². The van der Waals surface area contributed by atoms with E-state index in [1.807, 2.05) is 0 Å². The van der Waals surface area contributed by atoms with Crippen molar-refractivity contribution in [2.45, 2.75) is 6.10 Å². The molecule has 0 bridgehead atoms. The minimum absolute atomic E-state index is 0.162. The smallest absolute Gasteiger partial charge is 0.261 e. The summed E-state index contributed by atoms with van der Waals surface area (Å²) in [6.07, 6.45) is -0.162. The first kappa shape index (κ1) is 14.0. The number of anilines is 1. The summed E-state index contributed by atoms with van der Waals surface area (Å²) in [5.74, 6) is 2.54. The second-order valence-corrected chi connectivity index (χ2v) is 6.17. The Kier molecular flexibility index (Phi) is 4.07. The Morgan fingerprint density at radius 2 is 2.10 bits per heavy atom. The molecule has 8 heteroatoms. The molecule has 1 saturated heterocycles. The van der Waals surface area contributed by atoms with E-state index in [0.29, 0.717) is 33.7 Å². The Bertz CT molecular complexity index is 629. The van der Waals surface area contributed by atoms with Crippen LogP contribution in [-0.2, 0) is 4.74 Å². The Labute approximate surface area is 129 Å². The molecule has 2 N–H and O–H groups in total. The number of nitrogens with two attached hydrogens (primary N) is 1. The molecule has 106 valence electrons. The lowest BCUT2D eigenvalue weighted by atomic mass is 10.2. The van der Waals surface area contributed by atoms with Crippen LogP contribution in [0.3, 0.4) is 0 Å². The molecule has 1 atom stereocenters. The molecule has 1 aliphatic rings. The predicted octanol–water partition coefficient (Wildman–Crippen LogP) is 3.43. The highest BCUT2D eigenvalue weighted by Crippen LogP contribution is 2.37. The van der Waals surface area contributed by atoms with Gasteiger partial charge in [0.05, 0.1) is 27.9 Å². The Hall–Kier alpha value is -0.950. The molecular formula is C12H11Cl2N3O2S. The molecule has 5 nitrogen and oxygen atoms in total. The summed E-state index contributed by atoms with van der Waals surface area (Å²) in [5.41, 5.74) is 6.71. The van der Waals surface area contributed by atoms with Gasteiger partial charge in [-0.1, -0.05) is 28.4 Å². The third-order valence-electron chi connectivity index (χ3n) is 2.90. The van der Waals surface area contributed by atoms with Crippen molar-refractivity contribution < 1.29 is 9.26 Å². The van der Waals surface area contributed by atoms with Gasteiger partial charge in [0.2, 0.25) is 5.82 Å². The topological polar surface area (TPSA) is 74.2 Å². The van der Waals surface area contributed by atoms with E-state index < -0.39 is 0 Å². The van der Waals surface area contributed by atoms with Gasteiger partial charge in [-0.2, -0.15) is 16.7 Å².